The quantitative estimate of drug-likeness (QED) is 0.152. The minimum Gasteiger partial charge on any atom is -0.308 e. The summed E-state index contributed by atoms with van der Waals surface area (Å²) in [7, 11) is 0. The van der Waals surface area contributed by atoms with Crippen LogP contribution in [0.3, 0.4) is 0 Å². The molecule has 0 aliphatic carbocycles. The zero-order valence-electron chi connectivity index (χ0n) is 40.4. The van der Waals surface area contributed by atoms with Gasteiger partial charge in [0.25, 0.3) is 0 Å². The van der Waals surface area contributed by atoms with Gasteiger partial charge in [0.05, 0.1) is 16.7 Å². The molecule has 0 atom stereocenters. The van der Waals surface area contributed by atoms with Crippen molar-refractivity contribution in [3.63, 3.8) is 0 Å². The monoisotopic (exact) mass is 990 g/mol. The number of nitrogens with zero attached hydrogens (tertiary/aromatic N) is 4. The Morgan fingerprint density at radius 3 is 1.04 bits per heavy atom. The van der Waals surface area contributed by atoms with Crippen LogP contribution in [0.1, 0.15) is 0 Å². The van der Waals surface area contributed by atoms with Crippen molar-refractivity contribution >= 4 is 84.8 Å². The van der Waals surface area contributed by atoms with E-state index in [1.807, 2.05) is 0 Å². The Balaban J connectivity index is 1.03. The van der Waals surface area contributed by atoms with Crippen LogP contribution in [0.4, 0.5) is 0 Å². The minimum absolute atomic E-state index is 0.601. The summed E-state index contributed by atoms with van der Waals surface area (Å²) in [5.41, 5.74) is 15.1. The van der Waals surface area contributed by atoms with E-state index in [0.29, 0.717) is 17.5 Å². The van der Waals surface area contributed by atoms with Crippen LogP contribution in [0.5, 0.6) is 0 Å². The molecule has 0 spiro atoms. The second-order valence-electron chi connectivity index (χ2n) is 19.0. The normalized spacial score (nSPS) is 11.7. The summed E-state index contributed by atoms with van der Waals surface area (Å²) >= 11 is 3.61. The Labute approximate surface area is 440 Å². The zero-order valence-corrected chi connectivity index (χ0v) is 42.0. The molecule has 0 fully saturated rings. The average Bonchev–Trinajstić information content (AvgIpc) is 4.22. The highest BCUT2D eigenvalue weighted by Gasteiger charge is 2.26. The molecule has 0 N–H and O–H groups in total. The van der Waals surface area contributed by atoms with Gasteiger partial charge in [0.1, 0.15) is 0 Å². The number of hydrogen-bond acceptors (Lipinski definition) is 5. The van der Waals surface area contributed by atoms with Gasteiger partial charge in [-0.15, -0.1) is 22.7 Å². The first-order chi connectivity index (χ1) is 37.2. The van der Waals surface area contributed by atoms with Gasteiger partial charge in [-0.1, -0.05) is 206 Å². The first kappa shape index (κ1) is 43.3. The molecule has 0 amide bonds. The number of aromatic nitrogens is 4. The molecule has 0 unspecified atom stereocenters. The molecular weight excluding hydrogens is 949 g/mol. The van der Waals surface area contributed by atoms with Gasteiger partial charge in [0.15, 0.2) is 17.5 Å². The summed E-state index contributed by atoms with van der Waals surface area (Å²) in [5.74, 6) is 1.85. The molecule has 0 saturated heterocycles. The third-order valence-electron chi connectivity index (χ3n) is 14.7. The fourth-order valence-corrected chi connectivity index (χ4v) is 13.5. The van der Waals surface area contributed by atoms with Crippen LogP contribution >= 0.6 is 22.7 Å². The molecule has 0 bridgehead atoms. The van der Waals surface area contributed by atoms with E-state index in [4.69, 9.17) is 15.0 Å². The Hall–Kier alpha value is -9.33. The van der Waals surface area contributed by atoms with Crippen LogP contribution in [-0.4, -0.2) is 19.5 Å². The van der Waals surface area contributed by atoms with Crippen molar-refractivity contribution in [3.05, 3.63) is 255 Å². The summed E-state index contributed by atoms with van der Waals surface area (Å²) in [4.78, 5) is 16.3. The second kappa shape index (κ2) is 17.7. The second-order valence-corrected chi connectivity index (χ2v) is 21.2. The SMILES string of the molecule is c1ccc(-c2cc(-c3nc(-c4ccc5c(c4)sc4ccccc45)nc(-c4ccc5c(c4)sc4ccccc45)n3)cc(-c3ccccc3)c2-n2c3cccc(-c4ccccc4)c3c3c(-c4ccccc4)cccc32)cc1. The largest absolute Gasteiger partial charge is 0.308 e. The first-order valence-electron chi connectivity index (χ1n) is 25.2. The highest BCUT2D eigenvalue weighted by molar-refractivity contribution is 7.26. The van der Waals surface area contributed by atoms with Crippen molar-refractivity contribution in [2.24, 2.45) is 0 Å². The summed E-state index contributed by atoms with van der Waals surface area (Å²) < 4.78 is 7.43. The molecule has 6 heteroatoms. The van der Waals surface area contributed by atoms with Crippen LogP contribution < -0.4 is 0 Å². The lowest BCUT2D eigenvalue weighted by Crippen LogP contribution is -2.04. The Kier molecular flexibility index (Phi) is 10.2. The molecule has 0 radical (unpaired) electrons. The summed E-state index contributed by atoms with van der Waals surface area (Å²) in [6, 6.07) is 91.9. The van der Waals surface area contributed by atoms with Gasteiger partial charge in [0.2, 0.25) is 0 Å². The van der Waals surface area contributed by atoms with E-state index in [-0.39, 0.29) is 0 Å². The summed E-state index contributed by atoms with van der Waals surface area (Å²) in [6.07, 6.45) is 0. The van der Waals surface area contributed by atoms with Crippen molar-refractivity contribution < 1.29 is 0 Å². The van der Waals surface area contributed by atoms with Crippen LogP contribution in [-0.2, 0) is 0 Å². The van der Waals surface area contributed by atoms with E-state index in [0.717, 1.165) is 55.7 Å². The molecule has 75 heavy (non-hydrogen) atoms. The third kappa shape index (κ3) is 7.29. The van der Waals surface area contributed by atoms with Gasteiger partial charge < -0.3 is 4.57 Å². The highest BCUT2D eigenvalue weighted by atomic mass is 32.1. The lowest BCUT2D eigenvalue weighted by atomic mass is 9.92. The predicted molar refractivity (Wildman–Crippen MR) is 318 cm³/mol. The van der Waals surface area contributed by atoms with E-state index >= 15 is 0 Å². The Bertz CT molecular complexity index is 4400. The van der Waals surface area contributed by atoms with Crippen molar-refractivity contribution in [2.75, 3.05) is 0 Å². The average molecular weight is 991 g/mol. The highest BCUT2D eigenvalue weighted by Crippen LogP contribution is 2.48. The fourth-order valence-electron chi connectivity index (χ4n) is 11.2. The molecule has 0 saturated carbocycles. The van der Waals surface area contributed by atoms with E-state index in [2.05, 4.69) is 259 Å². The molecule has 0 aliphatic rings. The van der Waals surface area contributed by atoms with Gasteiger partial charge in [-0.05, 0) is 81.9 Å². The molecule has 11 aromatic carbocycles. The van der Waals surface area contributed by atoms with Crippen LogP contribution in [0.2, 0.25) is 0 Å². The number of hydrogen-bond donors (Lipinski definition) is 0. The minimum atomic E-state index is 0.601. The molecule has 350 valence electrons. The van der Waals surface area contributed by atoms with Crippen LogP contribution in [0, 0.1) is 0 Å². The van der Waals surface area contributed by atoms with Crippen LogP contribution in [0.25, 0.3) is 147 Å². The van der Waals surface area contributed by atoms with Crippen molar-refractivity contribution in [3.8, 4) is 84.4 Å². The van der Waals surface area contributed by atoms with Crippen molar-refractivity contribution in [1.29, 1.82) is 0 Å². The molecule has 15 aromatic rings. The van der Waals surface area contributed by atoms with Gasteiger partial charge >= 0.3 is 0 Å². The van der Waals surface area contributed by atoms with Crippen molar-refractivity contribution in [1.82, 2.24) is 19.5 Å². The van der Waals surface area contributed by atoms with E-state index < -0.39 is 0 Å². The number of thiophene rings is 2. The molecular formula is C69H42N4S2. The zero-order chi connectivity index (χ0) is 49.4. The number of benzene rings is 11. The molecule has 0 aliphatic heterocycles. The molecule has 15 rings (SSSR count). The lowest BCUT2D eigenvalue weighted by molar-refractivity contribution is 1.07. The van der Waals surface area contributed by atoms with Crippen LogP contribution in [0.15, 0.2) is 255 Å². The predicted octanol–water partition coefficient (Wildman–Crippen LogP) is 19.4. The number of rotatable bonds is 8. The van der Waals surface area contributed by atoms with Gasteiger partial charge in [0, 0.05) is 78.9 Å². The maximum absolute atomic E-state index is 5.49. The van der Waals surface area contributed by atoms with E-state index in [1.54, 1.807) is 22.7 Å². The van der Waals surface area contributed by atoms with E-state index in [9.17, 15) is 0 Å². The maximum atomic E-state index is 5.49. The number of fused-ring (bicyclic) bond motifs is 9. The lowest BCUT2D eigenvalue weighted by Gasteiger charge is -2.21. The fraction of sp³-hybridized carbons (Fsp3) is 0. The first-order valence-corrected chi connectivity index (χ1v) is 26.9. The van der Waals surface area contributed by atoms with Crippen molar-refractivity contribution in [2.45, 2.75) is 0 Å². The Morgan fingerprint density at radius 2 is 0.613 bits per heavy atom. The maximum Gasteiger partial charge on any atom is 0.164 e. The summed E-state index contributed by atoms with van der Waals surface area (Å²) in [6.45, 7) is 0. The Morgan fingerprint density at radius 1 is 0.253 bits per heavy atom. The standard InChI is InChI=1S/C69H42N4S2/c1-5-19-43(20-6-1)50-29-17-31-58-64(50)65-51(44-21-7-2-8-22-44)30-18-32-59(65)73(58)66-56(45-23-9-3-10-24-45)39-49(40-57(66)46-25-11-4-12-26-46)69-71-67(47-35-37-54-52-27-13-15-33-60(52)74-62(54)41-47)70-68(72-69)48-36-38-55-53-28-14-16-34-61(53)75-63(55)42-48/h1-42H. The molecule has 4 heterocycles. The molecule has 4 aromatic heterocycles. The van der Waals surface area contributed by atoms with E-state index in [1.165, 1.54) is 73.4 Å². The van der Waals surface area contributed by atoms with Gasteiger partial charge in [-0.2, -0.15) is 0 Å². The molecule has 4 nitrogen and oxygen atoms in total. The smallest absolute Gasteiger partial charge is 0.164 e. The van der Waals surface area contributed by atoms with Gasteiger partial charge in [-0.3, -0.25) is 0 Å². The summed E-state index contributed by atoms with van der Waals surface area (Å²) in [5, 5.41) is 7.40. The topological polar surface area (TPSA) is 43.6 Å². The third-order valence-corrected chi connectivity index (χ3v) is 16.9. The van der Waals surface area contributed by atoms with Gasteiger partial charge in [-0.25, -0.2) is 15.0 Å².